The number of rotatable bonds is 3. The van der Waals surface area contributed by atoms with Crippen LogP contribution in [-0.4, -0.2) is 28.5 Å². The first-order valence-electron chi connectivity index (χ1n) is 9.28. The van der Waals surface area contributed by atoms with E-state index < -0.39 is 0 Å². The number of anilines is 1. The smallest absolute Gasteiger partial charge is 0.257 e. The van der Waals surface area contributed by atoms with Crippen LogP contribution >= 0.6 is 0 Å². The van der Waals surface area contributed by atoms with Gasteiger partial charge in [0, 0.05) is 32.7 Å². The number of carbonyl (C=O) groups is 1. The topological polar surface area (TPSA) is 59.0 Å². The molecule has 1 aliphatic rings. The van der Waals surface area contributed by atoms with Crippen molar-refractivity contribution >= 4 is 22.9 Å². The summed E-state index contributed by atoms with van der Waals surface area (Å²) in [5.74, 6) is 0.482. The third-order valence-electron chi connectivity index (χ3n) is 4.47. The van der Waals surface area contributed by atoms with E-state index in [1.807, 2.05) is 50.2 Å². The van der Waals surface area contributed by atoms with Crippen LogP contribution < -0.4 is 10.6 Å². The molecule has 3 aromatic rings. The molecular formula is C21H25N4OW-. The van der Waals surface area contributed by atoms with Gasteiger partial charge in [-0.3, -0.25) is 10.1 Å². The number of piperidine rings is 1. The number of nitrogens with zero attached hydrogens (tertiary/aromatic N) is 2. The minimum absolute atomic E-state index is 0. The monoisotopic (exact) mass is 533 g/mol. The number of aromatic nitrogens is 2. The van der Waals surface area contributed by atoms with Crippen molar-refractivity contribution in [1.29, 1.82) is 0 Å². The van der Waals surface area contributed by atoms with Crippen molar-refractivity contribution in [3.8, 4) is 0 Å². The molecule has 0 spiro atoms. The Bertz CT molecular complexity index is 857. The molecule has 0 aliphatic carbocycles. The van der Waals surface area contributed by atoms with Crippen LogP contribution in [0.2, 0.25) is 0 Å². The first-order chi connectivity index (χ1) is 12.8. The number of fused-ring (bicyclic) bond motifs is 1. The van der Waals surface area contributed by atoms with Gasteiger partial charge in [-0.05, 0) is 49.1 Å². The Labute approximate surface area is 174 Å². The number of nitrogens with one attached hydrogen (secondary N) is 2. The van der Waals surface area contributed by atoms with Gasteiger partial charge < -0.3 is 9.88 Å². The number of benzene rings is 2. The van der Waals surface area contributed by atoms with E-state index >= 15 is 0 Å². The molecule has 6 heteroatoms. The molecule has 0 atom stereocenters. The molecule has 1 saturated heterocycles. The van der Waals surface area contributed by atoms with E-state index in [1.165, 1.54) is 0 Å². The van der Waals surface area contributed by atoms with Crippen molar-refractivity contribution in [3.05, 3.63) is 60.2 Å². The maximum absolute atomic E-state index is 12.5. The van der Waals surface area contributed by atoms with E-state index in [0.29, 0.717) is 17.6 Å². The van der Waals surface area contributed by atoms with Gasteiger partial charge >= 0.3 is 0 Å². The Morgan fingerprint density at radius 1 is 1.19 bits per heavy atom. The second-order valence-corrected chi connectivity index (χ2v) is 6.02. The number of hydrogen-bond donors (Lipinski definition) is 2. The molecule has 0 unspecified atom stereocenters. The van der Waals surface area contributed by atoms with Gasteiger partial charge in [-0.1, -0.05) is 32.0 Å². The molecule has 2 N–H and O–H groups in total. The van der Waals surface area contributed by atoms with Gasteiger partial charge in [0.15, 0.2) is 5.95 Å². The standard InChI is InChI=1S/C19H19N4O.C2H6.W/c24-18(14-6-2-1-3-7-14)22-19-21-16-8-4-5-9-17(16)23(19)15-10-12-20-13-11-15;1-2;/h1-4,6-9,15,20H,10-13H2,(H,21,22,24);1-2H3;/q-1;;. The predicted molar refractivity (Wildman–Crippen MR) is 105 cm³/mol. The SMILES string of the molecule is CC.O=C(Nc1nc2cc[c-]cc2n1C1CCNCC1)c1ccccc1.[W]. The fourth-order valence-corrected chi connectivity index (χ4v) is 3.27. The summed E-state index contributed by atoms with van der Waals surface area (Å²) in [4.78, 5) is 17.2. The molecule has 0 saturated carbocycles. The number of hydrogen-bond acceptors (Lipinski definition) is 3. The van der Waals surface area contributed by atoms with Crippen LogP contribution in [0, 0.1) is 6.07 Å². The van der Waals surface area contributed by atoms with E-state index in [1.54, 1.807) is 12.1 Å². The average molecular weight is 533 g/mol. The van der Waals surface area contributed by atoms with Crippen LogP contribution in [0.1, 0.15) is 43.1 Å². The van der Waals surface area contributed by atoms with Gasteiger partial charge in [-0.25, -0.2) is 4.98 Å². The summed E-state index contributed by atoms with van der Waals surface area (Å²) in [6.45, 7) is 5.96. The van der Waals surface area contributed by atoms with Crippen LogP contribution in [0.5, 0.6) is 0 Å². The normalized spacial score (nSPS) is 14.0. The zero-order valence-corrected chi connectivity index (χ0v) is 18.7. The summed E-state index contributed by atoms with van der Waals surface area (Å²) >= 11 is 0. The van der Waals surface area contributed by atoms with Crippen LogP contribution in [0.4, 0.5) is 5.95 Å². The van der Waals surface area contributed by atoms with Gasteiger partial charge in [-0.2, -0.15) is 18.2 Å². The molecule has 1 aliphatic heterocycles. The molecule has 1 aromatic heterocycles. The summed E-state index contributed by atoms with van der Waals surface area (Å²) in [7, 11) is 0. The molecule has 2 heterocycles. The minimum Gasteiger partial charge on any atom is -0.361 e. The van der Waals surface area contributed by atoms with Gasteiger partial charge in [0.25, 0.3) is 5.91 Å². The Morgan fingerprint density at radius 2 is 1.89 bits per heavy atom. The van der Waals surface area contributed by atoms with Crippen LogP contribution in [0.3, 0.4) is 0 Å². The zero-order valence-electron chi connectivity index (χ0n) is 15.7. The molecule has 1 fully saturated rings. The first kappa shape index (κ1) is 21.3. The molecule has 2 aromatic carbocycles. The molecular weight excluding hydrogens is 508 g/mol. The summed E-state index contributed by atoms with van der Waals surface area (Å²) in [5, 5.41) is 6.37. The van der Waals surface area contributed by atoms with Crippen LogP contribution in [0.15, 0.2) is 48.5 Å². The number of imidazole rings is 1. The number of amides is 1. The predicted octanol–water partition coefficient (Wildman–Crippen LogP) is 4.04. The van der Waals surface area contributed by atoms with Crippen molar-refractivity contribution in [2.24, 2.45) is 0 Å². The summed E-state index contributed by atoms with van der Waals surface area (Å²) < 4.78 is 2.16. The Kier molecular flexibility index (Phi) is 8.20. The second-order valence-electron chi connectivity index (χ2n) is 6.02. The molecule has 142 valence electrons. The minimum atomic E-state index is -0.134. The summed E-state index contributed by atoms with van der Waals surface area (Å²) in [5.41, 5.74) is 2.54. The van der Waals surface area contributed by atoms with Gasteiger partial charge in [0.2, 0.25) is 0 Å². The van der Waals surface area contributed by atoms with Crippen molar-refractivity contribution in [2.45, 2.75) is 32.7 Å². The molecule has 27 heavy (non-hydrogen) atoms. The molecule has 0 bridgehead atoms. The quantitative estimate of drug-likeness (QED) is 0.500. The summed E-state index contributed by atoms with van der Waals surface area (Å²) in [6.07, 6.45) is 2.04. The van der Waals surface area contributed by atoms with Crippen molar-refractivity contribution in [2.75, 3.05) is 18.4 Å². The Morgan fingerprint density at radius 3 is 2.59 bits per heavy atom. The Balaban J connectivity index is 0.000000844. The second kappa shape index (κ2) is 10.4. The molecule has 5 nitrogen and oxygen atoms in total. The van der Waals surface area contributed by atoms with Crippen LogP contribution in [-0.2, 0) is 21.1 Å². The average Bonchev–Trinajstić information content (AvgIpc) is 3.08. The Hall–Kier alpha value is -1.97. The van der Waals surface area contributed by atoms with Crippen molar-refractivity contribution < 1.29 is 25.9 Å². The molecule has 4 rings (SSSR count). The van der Waals surface area contributed by atoms with Gasteiger partial charge in [0.05, 0.1) is 0 Å². The third kappa shape index (κ3) is 4.85. The maximum atomic E-state index is 12.5. The van der Waals surface area contributed by atoms with E-state index in [4.69, 9.17) is 0 Å². The van der Waals surface area contributed by atoms with Crippen molar-refractivity contribution in [3.63, 3.8) is 0 Å². The van der Waals surface area contributed by atoms with Gasteiger partial charge in [0.1, 0.15) is 0 Å². The first-order valence-corrected chi connectivity index (χ1v) is 9.28. The summed E-state index contributed by atoms with van der Waals surface area (Å²) in [6, 6.07) is 18.4. The maximum Gasteiger partial charge on any atom is 0.257 e. The van der Waals surface area contributed by atoms with E-state index in [9.17, 15) is 4.79 Å². The fourth-order valence-electron chi connectivity index (χ4n) is 3.27. The third-order valence-corrected chi connectivity index (χ3v) is 4.47. The van der Waals surface area contributed by atoms with Crippen molar-refractivity contribution in [1.82, 2.24) is 14.9 Å². The largest absolute Gasteiger partial charge is 0.361 e. The van der Waals surface area contributed by atoms with E-state index in [0.717, 1.165) is 37.0 Å². The van der Waals surface area contributed by atoms with E-state index in [-0.39, 0.29) is 27.0 Å². The fraction of sp³-hybridized carbons (Fsp3) is 0.333. The van der Waals surface area contributed by atoms with Gasteiger partial charge in [-0.15, -0.1) is 6.07 Å². The molecule has 1 amide bonds. The number of carbonyl (C=O) groups excluding carboxylic acids is 1. The van der Waals surface area contributed by atoms with E-state index in [2.05, 4.69) is 26.3 Å². The molecule has 0 radical (unpaired) electrons. The van der Waals surface area contributed by atoms with Crippen LogP contribution in [0.25, 0.3) is 11.0 Å². The zero-order chi connectivity index (χ0) is 18.4.